The van der Waals surface area contributed by atoms with Crippen molar-refractivity contribution in [3.05, 3.63) is 77.6 Å². The van der Waals surface area contributed by atoms with Gasteiger partial charge >= 0.3 is 5.97 Å². The molecule has 0 saturated heterocycles. The van der Waals surface area contributed by atoms with Gasteiger partial charge in [-0.2, -0.15) is 0 Å². The topological polar surface area (TPSA) is 83.9 Å². The quantitative estimate of drug-likeness (QED) is 0.496. The fraction of sp³-hybridized carbons (Fsp3) is 0.208. The summed E-state index contributed by atoms with van der Waals surface area (Å²) in [4.78, 5) is 11.0. The van der Waals surface area contributed by atoms with Crippen molar-refractivity contribution in [3.8, 4) is 16.9 Å². The summed E-state index contributed by atoms with van der Waals surface area (Å²) in [5.41, 5.74) is 0.436. The van der Waals surface area contributed by atoms with Crippen LogP contribution >= 0.6 is 0 Å². The van der Waals surface area contributed by atoms with E-state index in [1.165, 1.54) is 30.3 Å². The minimum Gasteiger partial charge on any atom is -0.486 e. The fourth-order valence-corrected chi connectivity index (χ4v) is 5.41. The fourth-order valence-electron chi connectivity index (χ4n) is 3.81. The number of carboxylic acids is 1. The highest BCUT2D eigenvalue weighted by Gasteiger charge is 2.35. The molecule has 0 radical (unpaired) electrons. The average molecular weight is 491 g/mol. The van der Waals surface area contributed by atoms with Crippen molar-refractivity contribution in [1.29, 1.82) is 0 Å². The highest BCUT2D eigenvalue weighted by molar-refractivity contribution is 7.92. The summed E-state index contributed by atoms with van der Waals surface area (Å²) in [5, 5.41) is 9.02. The number of aliphatic carboxylic acids is 1. The van der Waals surface area contributed by atoms with E-state index in [-0.39, 0.29) is 46.8 Å². The van der Waals surface area contributed by atoms with E-state index in [1.807, 2.05) is 0 Å². The normalized spacial score (nSPS) is 15.5. The Morgan fingerprint density at radius 3 is 2.59 bits per heavy atom. The largest absolute Gasteiger partial charge is 0.486 e. The Kier molecular flexibility index (Phi) is 6.26. The summed E-state index contributed by atoms with van der Waals surface area (Å²) in [6.07, 6.45) is -0.929. The van der Waals surface area contributed by atoms with Crippen LogP contribution < -0.4 is 9.04 Å². The van der Waals surface area contributed by atoms with Gasteiger partial charge in [0.25, 0.3) is 10.0 Å². The SMILES string of the molecule is Cc1cccc(S(=O)(=O)N2C[C@H](CCC(=O)O)Oc3ccc(-c4cc(F)cc(F)c4F)cc32)c1. The molecule has 178 valence electrons. The van der Waals surface area contributed by atoms with Crippen molar-refractivity contribution in [2.45, 2.75) is 30.8 Å². The maximum absolute atomic E-state index is 14.4. The van der Waals surface area contributed by atoms with E-state index in [0.717, 1.165) is 10.4 Å². The minimum atomic E-state index is -4.13. The molecule has 6 nitrogen and oxygen atoms in total. The molecule has 0 spiro atoms. The van der Waals surface area contributed by atoms with E-state index in [1.54, 1.807) is 19.1 Å². The van der Waals surface area contributed by atoms with Crippen molar-refractivity contribution in [2.24, 2.45) is 0 Å². The molecule has 1 heterocycles. The number of rotatable bonds is 6. The predicted octanol–water partition coefficient (Wildman–Crippen LogP) is 4.90. The van der Waals surface area contributed by atoms with Gasteiger partial charge in [0.05, 0.1) is 17.1 Å². The first-order valence-corrected chi connectivity index (χ1v) is 11.8. The number of carbonyl (C=O) groups is 1. The van der Waals surface area contributed by atoms with Crippen LogP contribution in [0.4, 0.5) is 18.9 Å². The molecule has 0 saturated carbocycles. The second-order valence-corrected chi connectivity index (χ2v) is 9.82. The third-order valence-corrected chi connectivity index (χ3v) is 7.23. The number of aryl methyl sites for hydroxylation is 1. The van der Waals surface area contributed by atoms with Gasteiger partial charge < -0.3 is 9.84 Å². The molecule has 1 aliphatic heterocycles. The summed E-state index contributed by atoms with van der Waals surface area (Å²) in [5.74, 6) is -4.56. The highest BCUT2D eigenvalue weighted by Crippen LogP contribution is 2.41. The monoisotopic (exact) mass is 491 g/mol. The standard InChI is InChI=1S/C24H20F3NO5S/c1-14-3-2-4-18(9-14)34(31,32)28-13-17(6-8-23(29)30)33-22-7-5-15(10-21(22)28)19-11-16(25)12-20(26)24(19)27/h2-5,7,9-12,17H,6,8,13H2,1H3,(H,29,30)/t17-/m0/s1. The van der Waals surface area contributed by atoms with Crippen LogP contribution in [0.5, 0.6) is 5.75 Å². The molecule has 0 bridgehead atoms. The van der Waals surface area contributed by atoms with Crippen LogP contribution in [0.25, 0.3) is 11.1 Å². The van der Waals surface area contributed by atoms with Crippen molar-refractivity contribution < 1.29 is 36.2 Å². The van der Waals surface area contributed by atoms with Gasteiger partial charge in [0, 0.05) is 18.1 Å². The summed E-state index contributed by atoms with van der Waals surface area (Å²) < 4.78 is 76.0. The number of benzene rings is 3. The number of nitrogens with zero attached hydrogens (tertiary/aromatic N) is 1. The number of hydrogen-bond donors (Lipinski definition) is 1. The van der Waals surface area contributed by atoms with Crippen LogP contribution in [0.15, 0.2) is 59.5 Å². The molecule has 1 atom stereocenters. The molecule has 4 rings (SSSR count). The second kappa shape index (κ2) is 9.02. The Labute approximate surface area is 194 Å². The maximum Gasteiger partial charge on any atom is 0.303 e. The first-order chi connectivity index (χ1) is 16.1. The molecule has 0 amide bonds. The smallest absolute Gasteiger partial charge is 0.303 e. The number of sulfonamides is 1. The van der Waals surface area contributed by atoms with Crippen LogP contribution in [-0.4, -0.2) is 32.1 Å². The minimum absolute atomic E-state index is 0.00529. The molecule has 3 aromatic rings. The number of fused-ring (bicyclic) bond motifs is 1. The Balaban J connectivity index is 1.84. The van der Waals surface area contributed by atoms with Gasteiger partial charge in [0.15, 0.2) is 11.6 Å². The third kappa shape index (κ3) is 4.58. The molecule has 3 aromatic carbocycles. The Morgan fingerprint density at radius 1 is 1.12 bits per heavy atom. The molecule has 0 aromatic heterocycles. The van der Waals surface area contributed by atoms with Gasteiger partial charge in [0.1, 0.15) is 17.7 Å². The maximum atomic E-state index is 14.4. The molecule has 0 fully saturated rings. The predicted molar refractivity (Wildman–Crippen MR) is 119 cm³/mol. The van der Waals surface area contributed by atoms with E-state index in [9.17, 15) is 26.4 Å². The molecule has 0 unspecified atom stereocenters. The zero-order valence-electron chi connectivity index (χ0n) is 18.0. The number of halogens is 3. The lowest BCUT2D eigenvalue weighted by molar-refractivity contribution is -0.137. The summed E-state index contributed by atoms with van der Waals surface area (Å²) >= 11 is 0. The summed E-state index contributed by atoms with van der Waals surface area (Å²) in [6.45, 7) is 1.54. The average Bonchev–Trinajstić information content (AvgIpc) is 2.79. The van der Waals surface area contributed by atoms with Crippen LogP contribution in [0.1, 0.15) is 18.4 Å². The lowest BCUT2D eigenvalue weighted by Gasteiger charge is -2.35. The number of ether oxygens (including phenoxy) is 1. The van der Waals surface area contributed by atoms with Gasteiger partial charge in [-0.25, -0.2) is 21.6 Å². The van der Waals surface area contributed by atoms with E-state index >= 15 is 0 Å². The van der Waals surface area contributed by atoms with Crippen molar-refractivity contribution in [1.82, 2.24) is 0 Å². The molecule has 1 aliphatic rings. The van der Waals surface area contributed by atoms with E-state index in [0.29, 0.717) is 11.6 Å². The van der Waals surface area contributed by atoms with Crippen LogP contribution in [0, 0.1) is 24.4 Å². The first-order valence-electron chi connectivity index (χ1n) is 10.3. The molecular formula is C24H20F3NO5S. The molecular weight excluding hydrogens is 471 g/mol. The van der Waals surface area contributed by atoms with Crippen LogP contribution in [0.2, 0.25) is 0 Å². The van der Waals surface area contributed by atoms with Crippen LogP contribution in [-0.2, 0) is 14.8 Å². The van der Waals surface area contributed by atoms with E-state index in [2.05, 4.69) is 0 Å². The van der Waals surface area contributed by atoms with E-state index in [4.69, 9.17) is 9.84 Å². The van der Waals surface area contributed by atoms with Crippen molar-refractivity contribution in [2.75, 3.05) is 10.8 Å². The lowest BCUT2D eigenvalue weighted by Crippen LogP contribution is -2.43. The van der Waals surface area contributed by atoms with Crippen LogP contribution in [0.3, 0.4) is 0 Å². The zero-order valence-corrected chi connectivity index (χ0v) is 18.8. The second-order valence-electron chi connectivity index (χ2n) is 7.96. The molecule has 0 aliphatic carbocycles. The Hall–Kier alpha value is -3.53. The molecule has 34 heavy (non-hydrogen) atoms. The number of anilines is 1. The number of carboxylic acid groups (broad SMARTS) is 1. The van der Waals surface area contributed by atoms with Crippen molar-refractivity contribution >= 4 is 21.7 Å². The van der Waals surface area contributed by atoms with Gasteiger partial charge in [-0.05, 0) is 54.8 Å². The lowest BCUT2D eigenvalue weighted by atomic mass is 10.0. The third-order valence-electron chi connectivity index (χ3n) is 5.45. The number of hydrogen-bond acceptors (Lipinski definition) is 4. The Morgan fingerprint density at radius 2 is 1.88 bits per heavy atom. The molecule has 10 heteroatoms. The molecule has 1 N–H and O–H groups in total. The summed E-state index contributed by atoms with van der Waals surface area (Å²) in [6, 6.07) is 11.5. The first kappa shape index (κ1) is 23.6. The van der Waals surface area contributed by atoms with E-state index < -0.39 is 39.5 Å². The Bertz CT molecular complexity index is 1380. The van der Waals surface area contributed by atoms with Gasteiger partial charge in [-0.15, -0.1) is 0 Å². The van der Waals surface area contributed by atoms with Gasteiger partial charge in [-0.1, -0.05) is 18.2 Å². The summed E-state index contributed by atoms with van der Waals surface area (Å²) in [7, 11) is -4.13. The van der Waals surface area contributed by atoms with Crippen molar-refractivity contribution in [3.63, 3.8) is 0 Å². The highest BCUT2D eigenvalue weighted by atomic mass is 32.2. The van der Waals surface area contributed by atoms with Gasteiger partial charge in [-0.3, -0.25) is 9.10 Å². The van der Waals surface area contributed by atoms with Gasteiger partial charge in [0.2, 0.25) is 0 Å². The zero-order chi connectivity index (χ0) is 24.6.